The minimum absolute atomic E-state index is 0.397. The largest absolute Gasteiger partial charge is 0.350 e. The molecular formula is C12H17N5O. The van der Waals surface area contributed by atoms with Crippen LogP contribution in [0.15, 0.2) is 10.9 Å². The third-order valence-electron chi connectivity index (χ3n) is 3.46. The average molecular weight is 247 g/mol. The van der Waals surface area contributed by atoms with E-state index in [2.05, 4.69) is 39.2 Å². The smallest absolute Gasteiger partial charge is 0.263 e. The highest BCUT2D eigenvalue weighted by Crippen LogP contribution is 2.28. The Balaban J connectivity index is 2.10. The van der Waals surface area contributed by atoms with Crippen LogP contribution in [0.5, 0.6) is 0 Å². The molecule has 1 fully saturated rings. The molecule has 0 saturated carbocycles. The molecule has 2 unspecified atom stereocenters. The maximum Gasteiger partial charge on any atom is 0.263 e. The van der Waals surface area contributed by atoms with Crippen molar-refractivity contribution in [2.24, 2.45) is 0 Å². The van der Waals surface area contributed by atoms with Gasteiger partial charge in [-0.2, -0.15) is 4.98 Å². The molecule has 3 heterocycles. The molecule has 1 saturated heterocycles. The van der Waals surface area contributed by atoms with Crippen LogP contribution >= 0.6 is 0 Å². The fourth-order valence-corrected chi connectivity index (χ4v) is 2.44. The first kappa shape index (κ1) is 11.4. The van der Waals surface area contributed by atoms with Crippen molar-refractivity contribution < 1.29 is 4.52 Å². The third kappa shape index (κ3) is 1.73. The zero-order valence-corrected chi connectivity index (χ0v) is 10.8. The van der Waals surface area contributed by atoms with E-state index in [1.165, 1.54) is 0 Å². The number of piperazine rings is 1. The number of rotatable bonds is 1. The van der Waals surface area contributed by atoms with Gasteiger partial charge in [-0.05, 0) is 20.8 Å². The van der Waals surface area contributed by atoms with Crippen LogP contribution in [0.25, 0.3) is 11.1 Å². The van der Waals surface area contributed by atoms with Crippen LogP contribution < -0.4 is 10.2 Å². The number of aryl methyl sites for hydroxylation is 1. The van der Waals surface area contributed by atoms with Crippen molar-refractivity contribution in [3.63, 3.8) is 0 Å². The van der Waals surface area contributed by atoms with Gasteiger partial charge in [0.2, 0.25) is 0 Å². The van der Waals surface area contributed by atoms with Gasteiger partial charge in [0.1, 0.15) is 17.5 Å². The molecule has 18 heavy (non-hydrogen) atoms. The number of aromatic nitrogens is 3. The number of hydrogen-bond acceptors (Lipinski definition) is 6. The van der Waals surface area contributed by atoms with Crippen LogP contribution in [-0.4, -0.2) is 40.3 Å². The summed E-state index contributed by atoms with van der Waals surface area (Å²) >= 11 is 0. The Bertz CT molecular complexity index is 567. The molecule has 0 spiro atoms. The van der Waals surface area contributed by atoms with Gasteiger partial charge in [0.05, 0.1) is 5.69 Å². The van der Waals surface area contributed by atoms with Crippen molar-refractivity contribution in [1.82, 2.24) is 20.4 Å². The predicted octanol–water partition coefficient (Wildman–Crippen LogP) is 1.11. The minimum Gasteiger partial charge on any atom is -0.350 e. The van der Waals surface area contributed by atoms with Crippen molar-refractivity contribution in [2.45, 2.75) is 32.9 Å². The lowest BCUT2D eigenvalue weighted by molar-refractivity contribution is 0.423. The molecule has 6 heteroatoms. The molecule has 96 valence electrons. The summed E-state index contributed by atoms with van der Waals surface area (Å²) < 4.78 is 5.20. The molecule has 1 N–H and O–H groups in total. The molecule has 3 rings (SSSR count). The minimum atomic E-state index is 0.397. The SMILES string of the molecule is Cc1noc2ncnc(N3CC(C)NCC3C)c12. The fraction of sp³-hybridized carbons (Fsp3) is 0.583. The Hall–Kier alpha value is -1.69. The molecule has 6 nitrogen and oxygen atoms in total. The number of nitrogens with zero attached hydrogens (tertiary/aromatic N) is 4. The first-order valence-electron chi connectivity index (χ1n) is 6.24. The molecule has 1 aliphatic heterocycles. The molecule has 0 bridgehead atoms. The second kappa shape index (κ2) is 4.20. The monoisotopic (exact) mass is 247 g/mol. The summed E-state index contributed by atoms with van der Waals surface area (Å²) in [6.07, 6.45) is 1.54. The summed E-state index contributed by atoms with van der Waals surface area (Å²) in [6, 6.07) is 0.847. The average Bonchev–Trinajstić information content (AvgIpc) is 2.75. The van der Waals surface area contributed by atoms with Crippen LogP contribution in [0.2, 0.25) is 0 Å². The van der Waals surface area contributed by atoms with Gasteiger partial charge in [0.15, 0.2) is 0 Å². The van der Waals surface area contributed by atoms with Gasteiger partial charge < -0.3 is 14.7 Å². The second-order valence-electron chi connectivity index (χ2n) is 4.96. The predicted molar refractivity (Wildman–Crippen MR) is 68.6 cm³/mol. The Morgan fingerprint density at radius 1 is 1.39 bits per heavy atom. The lowest BCUT2D eigenvalue weighted by atomic mass is 10.1. The maximum absolute atomic E-state index is 5.20. The van der Waals surface area contributed by atoms with Gasteiger partial charge in [-0.15, -0.1) is 0 Å². The van der Waals surface area contributed by atoms with E-state index < -0.39 is 0 Å². The Morgan fingerprint density at radius 3 is 3.06 bits per heavy atom. The molecule has 1 aliphatic rings. The molecule has 0 aliphatic carbocycles. The highest BCUT2D eigenvalue weighted by atomic mass is 16.5. The van der Waals surface area contributed by atoms with Crippen molar-refractivity contribution in [2.75, 3.05) is 18.0 Å². The second-order valence-corrected chi connectivity index (χ2v) is 4.96. The molecule has 0 amide bonds. The molecule has 2 aromatic rings. The summed E-state index contributed by atoms with van der Waals surface area (Å²) in [7, 11) is 0. The van der Waals surface area contributed by atoms with Gasteiger partial charge in [-0.3, -0.25) is 0 Å². The quantitative estimate of drug-likeness (QED) is 0.814. The third-order valence-corrected chi connectivity index (χ3v) is 3.46. The molecular weight excluding hydrogens is 230 g/mol. The van der Waals surface area contributed by atoms with Crippen LogP contribution in [0, 0.1) is 6.92 Å². The first-order chi connectivity index (χ1) is 8.66. The normalized spacial score (nSPS) is 24.7. The van der Waals surface area contributed by atoms with E-state index >= 15 is 0 Å². The summed E-state index contributed by atoms with van der Waals surface area (Å²) in [4.78, 5) is 10.9. The standard InChI is InChI=1S/C12H17N5O/c1-7-5-17(8(2)4-13-7)11-10-9(3)16-18-12(10)15-6-14-11/h6-8,13H,4-5H2,1-3H3. The zero-order valence-electron chi connectivity index (χ0n) is 10.8. The van der Waals surface area contributed by atoms with Gasteiger partial charge in [-0.1, -0.05) is 5.16 Å². The van der Waals surface area contributed by atoms with E-state index in [0.717, 1.165) is 30.0 Å². The molecule has 2 atom stereocenters. The van der Waals surface area contributed by atoms with Crippen LogP contribution in [0.4, 0.5) is 5.82 Å². The van der Waals surface area contributed by atoms with Crippen LogP contribution in [0.1, 0.15) is 19.5 Å². The van der Waals surface area contributed by atoms with E-state index in [9.17, 15) is 0 Å². The first-order valence-corrected chi connectivity index (χ1v) is 6.24. The van der Waals surface area contributed by atoms with Crippen molar-refractivity contribution in [3.8, 4) is 0 Å². The van der Waals surface area contributed by atoms with Gasteiger partial charge >= 0.3 is 0 Å². The Kier molecular flexibility index (Phi) is 2.66. The van der Waals surface area contributed by atoms with Crippen molar-refractivity contribution >= 4 is 16.9 Å². The van der Waals surface area contributed by atoms with E-state index in [0.29, 0.717) is 17.8 Å². The highest BCUT2D eigenvalue weighted by molar-refractivity contribution is 5.88. The summed E-state index contributed by atoms with van der Waals surface area (Å²) in [5.41, 5.74) is 1.41. The van der Waals surface area contributed by atoms with E-state index in [1.807, 2.05) is 6.92 Å². The van der Waals surface area contributed by atoms with Crippen LogP contribution in [-0.2, 0) is 0 Å². The molecule has 0 radical (unpaired) electrons. The van der Waals surface area contributed by atoms with Gasteiger partial charge in [0.25, 0.3) is 5.71 Å². The number of nitrogens with one attached hydrogen (secondary N) is 1. The summed E-state index contributed by atoms with van der Waals surface area (Å²) in [5, 5.41) is 8.37. The van der Waals surface area contributed by atoms with Crippen molar-refractivity contribution in [1.29, 1.82) is 0 Å². The van der Waals surface area contributed by atoms with Gasteiger partial charge in [0, 0.05) is 25.2 Å². The van der Waals surface area contributed by atoms with Gasteiger partial charge in [-0.25, -0.2) is 4.98 Å². The maximum atomic E-state index is 5.20. The molecule has 2 aromatic heterocycles. The summed E-state index contributed by atoms with van der Waals surface area (Å²) in [6.45, 7) is 8.18. The van der Waals surface area contributed by atoms with E-state index in [-0.39, 0.29) is 0 Å². The number of fused-ring (bicyclic) bond motifs is 1. The Morgan fingerprint density at radius 2 is 2.22 bits per heavy atom. The van der Waals surface area contributed by atoms with Crippen LogP contribution in [0.3, 0.4) is 0 Å². The number of anilines is 1. The van der Waals surface area contributed by atoms with E-state index in [4.69, 9.17) is 4.52 Å². The summed E-state index contributed by atoms with van der Waals surface area (Å²) in [5.74, 6) is 0.930. The lowest BCUT2D eigenvalue weighted by Gasteiger charge is -2.38. The topological polar surface area (TPSA) is 67.1 Å². The lowest BCUT2D eigenvalue weighted by Crippen LogP contribution is -2.54. The highest BCUT2D eigenvalue weighted by Gasteiger charge is 2.26. The number of hydrogen-bond donors (Lipinski definition) is 1. The van der Waals surface area contributed by atoms with Crippen molar-refractivity contribution in [3.05, 3.63) is 12.0 Å². The fourth-order valence-electron chi connectivity index (χ4n) is 2.44. The Labute approximate surface area is 105 Å². The zero-order chi connectivity index (χ0) is 12.7. The molecule has 0 aromatic carbocycles. The van der Waals surface area contributed by atoms with E-state index in [1.54, 1.807) is 6.33 Å².